The van der Waals surface area contributed by atoms with E-state index in [2.05, 4.69) is 4.99 Å². The van der Waals surface area contributed by atoms with Gasteiger partial charge < -0.3 is 14.6 Å². The number of methoxy groups -OCH3 is 1. The Morgan fingerprint density at radius 3 is 1.93 bits per heavy atom. The second-order valence-corrected chi connectivity index (χ2v) is 6.46. The van der Waals surface area contributed by atoms with E-state index in [1.165, 1.54) is 0 Å². The van der Waals surface area contributed by atoms with Crippen LogP contribution in [0.3, 0.4) is 0 Å². The van der Waals surface area contributed by atoms with Crippen LogP contribution in [-0.4, -0.2) is 36.7 Å². The van der Waals surface area contributed by atoms with Crippen LogP contribution in [0, 0.1) is 0 Å². The van der Waals surface area contributed by atoms with Gasteiger partial charge in [-0.05, 0) is 17.7 Å². The number of carbonyl (C=O) groups is 1. The molecule has 0 amide bonds. The van der Waals surface area contributed by atoms with E-state index in [1.54, 1.807) is 19.2 Å². The van der Waals surface area contributed by atoms with Crippen molar-refractivity contribution in [1.82, 2.24) is 0 Å². The molecule has 0 heterocycles. The van der Waals surface area contributed by atoms with Gasteiger partial charge in [0.2, 0.25) is 0 Å². The van der Waals surface area contributed by atoms with Gasteiger partial charge in [-0.15, -0.1) is 0 Å². The largest absolute Gasteiger partial charge is 0.480 e. The molecular weight excluding hydrogens is 366 g/mol. The van der Waals surface area contributed by atoms with Crippen LogP contribution in [0.4, 0.5) is 0 Å². The van der Waals surface area contributed by atoms with Crippen molar-refractivity contribution >= 4 is 11.7 Å². The molecule has 0 bridgehead atoms. The van der Waals surface area contributed by atoms with Crippen LogP contribution in [0.2, 0.25) is 0 Å². The molecule has 0 aliphatic carbocycles. The maximum atomic E-state index is 12.0. The summed E-state index contributed by atoms with van der Waals surface area (Å²) in [6, 6.07) is 25.7. The molecule has 0 spiro atoms. The zero-order valence-electron chi connectivity index (χ0n) is 16.2. The summed E-state index contributed by atoms with van der Waals surface area (Å²) < 4.78 is 10.3. The number of aliphatic imine (C=N–C) groups is 1. The highest BCUT2D eigenvalue weighted by Crippen LogP contribution is 2.17. The van der Waals surface area contributed by atoms with Gasteiger partial charge in [0.1, 0.15) is 5.75 Å². The predicted molar refractivity (Wildman–Crippen MR) is 113 cm³/mol. The first-order valence-corrected chi connectivity index (χ1v) is 9.29. The third-order valence-electron chi connectivity index (χ3n) is 4.36. The van der Waals surface area contributed by atoms with Crippen molar-refractivity contribution in [3.63, 3.8) is 0 Å². The van der Waals surface area contributed by atoms with Crippen LogP contribution >= 0.6 is 0 Å². The Hall–Kier alpha value is -3.44. The van der Waals surface area contributed by atoms with Gasteiger partial charge in [0, 0.05) is 24.7 Å². The lowest BCUT2D eigenvalue weighted by molar-refractivity contribution is -0.138. The Bertz CT molecular complexity index is 896. The van der Waals surface area contributed by atoms with Gasteiger partial charge in [0.15, 0.2) is 12.8 Å². The van der Waals surface area contributed by atoms with E-state index in [9.17, 15) is 9.90 Å². The van der Waals surface area contributed by atoms with Crippen LogP contribution < -0.4 is 4.74 Å². The summed E-state index contributed by atoms with van der Waals surface area (Å²) in [7, 11) is 1.56. The Kier molecular flexibility index (Phi) is 7.14. The molecule has 1 atom stereocenters. The third kappa shape index (κ3) is 5.77. The van der Waals surface area contributed by atoms with E-state index in [0.717, 1.165) is 16.7 Å². The summed E-state index contributed by atoms with van der Waals surface area (Å²) in [5.41, 5.74) is 3.30. The lowest BCUT2D eigenvalue weighted by Crippen LogP contribution is -2.23. The van der Waals surface area contributed by atoms with Crippen molar-refractivity contribution in [1.29, 1.82) is 0 Å². The first-order valence-electron chi connectivity index (χ1n) is 9.29. The van der Waals surface area contributed by atoms with Gasteiger partial charge >= 0.3 is 5.97 Å². The lowest BCUT2D eigenvalue weighted by Gasteiger charge is -2.13. The fraction of sp³-hybridized carbons (Fsp3) is 0.167. The Balaban J connectivity index is 1.89. The molecule has 3 aromatic rings. The lowest BCUT2D eigenvalue weighted by atomic mass is 10.0. The zero-order valence-corrected chi connectivity index (χ0v) is 16.2. The van der Waals surface area contributed by atoms with Crippen LogP contribution in [-0.2, 0) is 16.0 Å². The molecule has 0 aliphatic heterocycles. The fourth-order valence-corrected chi connectivity index (χ4v) is 2.92. The standard InChI is InChI=1S/C24H23NO4/c1-28-17-29-21-14-12-18(13-15-21)16-22(24(26)27)25-23(19-8-4-2-5-9-19)20-10-6-3-7-11-20/h2-15,22H,16-17H2,1H3,(H,26,27). The van der Waals surface area contributed by atoms with E-state index >= 15 is 0 Å². The number of hydrogen-bond acceptors (Lipinski definition) is 4. The minimum Gasteiger partial charge on any atom is -0.480 e. The van der Waals surface area contributed by atoms with Gasteiger partial charge in [-0.3, -0.25) is 4.99 Å². The van der Waals surface area contributed by atoms with E-state index in [4.69, 9.17) is 9.47 Å². The molecule has 0 radical (unpaired) electrons. The minimum absolute atomic E-state index is 0.166. The number of rotatable bonds is 9. The summed E-state index contributed by atoms with van der Waals surface area (Å²) in [4.78, 5) is 16.6. The quantitative estimate of drug-likeness (QED) is 0.440. The fourth-order valence-electron chi connectivity index (χ4n) is 2.92. The third-order valence-corrected chi connectivity index (χ3v) is 4.36. The molecule has 3 aromatic carbocycles. The summed E-state index contributed by atoms with van der Waals surface area (Å²) in [5.74, 6) is -0.297. The summed E-state index contributed by atoms with van der Waals surface area (Å²) in [6.45, 7) is 0.166. The highest BCUT2D eigenvalue weighted by molar-refractivity contribution is 6.13. The van der Waals surface area contributed by atoms with Gasteiger partial charge in [-0.1, -0.05) is 72.8 Å². The highest BCUT2D eigenvalue weighted by Gasteiger charge is 2.19. The normalized spacial score (nSPS) is 11.5. The van der Waals surface area contributed by atoms with Gasteiger partial charge in [-0.2, -0.15) is 0 Å². The number of nitrogens with zero attached hydrogens (tertiary/aromatic N) is 1. The smallest absolute Gasteiger partial charge is 0.328 e. The van der Waals surface area contributed by atoms with Crippen LogP contribution in [0.1, 0.15) is 16.7 Å². The first-order chi connectivity index (χ1) is 14.2. The molecule has 0 saturated heterocycles. The highest BCUT2D eigenvalue weighted by atomic mass is 16.7. The molecule has 5 heteroatoms. The SMILES string of the molecule is COCOc1ccc(CC(N=C(c2ccccc2)c2ccccc2)C(=O)O)cc1. The molecular formula is C24H23NO4. The number of hydrogen-bond donors (Lipinski definition) is 1. The van der Waals surface area contributed by atoms with Crippen molar-refractivity contribution in [2.45, 2.75) is 12.5 Å². The van der Waals surface area contributed by atoms with Gasteiger partial charge in [0.05, 0.1) is 5.71 Å². The molecule has 148 valence electrons. The van der Waals surface area contributed by atoms with E-state index in [-0.39, 0.29) is 13.2 Å². The number of carboxylic acid groups (broad SMARTS) is 1. The second-order valence-electron chi connectivity index (χ2n) is 6.46. The number of aliphatic carboxylic acids is 1. The summed E-state index contributed by atoms with van der Waals surface area (Å²) in [5, 5.41) is 9.80. The number of benzene rings is 3. The Morgan fingerprint density at radius 1 is 0.897 bits per heavy atom. The van der Waals surface area contributed by atoms with Crippen LogP contribution in [0.15, 0.2) is 89.9 Å². The molecule has 5 nitrogen and oxygen atoms in total. The first kappa shape index (κ1) is 20.3. The van der Waals surface area contributed by atoms with Crippen LogP contribution in [0.5, 0.6) is 5.75 Å². The number of carboxylic acids is 1. The molecule has 29 heavy (non-hydrogen) atoms. The molecule has 0 aromatic heterocycles. The van der Waals surface area contributed by atoms with Crippen molar-refractivity contribution in [2.75, 3.05) is 13.9 Å². The monoisotopic (exact) mass is 389 g/mol. The summed E-state index contributed by atoms with van der Waals surface area (Å²) >= 11 is 0. The molecule has 3 rings (SSSR count). The van der Waals surface area contributed by atoms with Gasteiger partial charge in [-0.25, -0.2) is 4.79 Å². The average Bonchev–Trinajstić information content (AvgIpc) is 2.77. The molecule has 1 N–H and O–H groups in total. The van der Waals surface area contributed by atoms with Crippen molar-refractivity contribution < 1.29 is 19.4 Å². The van der Waals surface area contributed by atoms with E-state index in [0.29, 0.717) is 11.5 Å². The average molecular weight is 389 g/mol. The Labute approximate surface area is 170 Å². The molecule has 0 saturated carbocycles. The minimum atomic E-state index is -0.964. The van der Waals surface area contributed by atoms with Crippen molar-refractivity contribution in [2.24, 2.45) is 4.99 Å². The number of ether oxygens (including phenoxy) is 2. The molecule has 0 aliphatic rings. The van der Waals surface area contributed by atoms with E-state index in [1.807, 2.05) is 72.8 Å². The molecule has 0 fully saturated rings. The van der Waals surface area contributed by atoms with E-state index < -0.39 is 12.0 Å². The summed E-state index contributed by atoms with van der Waals surface area (Å²) in [6.07, 6.45) is 0.281. The van der Waals surface area contributed by atoms with Crippen molar-refractivity contribution in [3.8, 4) is 5.75 Å². The van der Waals surface area contributed by atoms with Gasteiger partial charge in [0.25, 0.3) is 0 Å². The molecule has 1 unspecified atom stereocenters. The predicted octanol–water partition coefficient (Wildman–Crippen LogP) is 4.20. The second kappa shape index (κ2) is 10.2. The topological polar surface area (TPSA) is 68.1 Å². The Morgan fingerprint density at radius 2 is 1.45 bits per heavy atom. The van der Waals surface area contributed by atoms with Crippen LogP contribution in [0.25, 0.3) is 0 Å². The maximum absolute atomic E-state index is 12.0. The van der Waals surface area contributed by atoms with Crippen molar-refractivity contribution in [3.05, 3.63) is 102 Å². The zero-order chi connectivity index (χ0) is 20.5. The maximum Gasteiger partial charge on any atom is 0.328 e.